The lowest BCUT2D eigenvalue weighted by atomic mass is 10.0. The average molecular weight is 443 g/mol. The van der Waals surface area contributed by atoms with Gasteiger partial charge in [0.1, 0.15) is 18.4 Å². The van der Waals surface area contributed by atoms with Gasteiger partial charge in [-0.3, -0.25) is 4.79 Å². The molecule has 0 unspecified atom stereocenters. The second-order valence-corrected chi connectivity index (χ2v) is 7.03. The van der Waals surface area contributed by atoms with E-state index in [2.05, 4.69) is 5.32 Å². The number of amides is 1. The SMILES string of the molecule is O=C(N[C@H](Cc1ccc(OCc2ccccc2)cc1)C(=O)O)c1ccccc1C(F)(F)F. The summed E-state index contributed by atoms with van der Waals surface area (Å²) in [6.45, 7) is 0.368. The van der Waals surface area contributed by atoms with Crippen LogP contribution in [-0.4, -0.2) is 23.0 Å². The Labute approximate surface area is 182 Å². The van der Waals surface area contributed by atoms with Crippen molar-refractivity contribution < 1.29 is 32.6 Å². The Balaban J connectivity index is 1.66. The number of carbonyl (C=O) groups excluding carboxylic acids is 1. The van der Waals surface area contributed by atoms with Crippen LogP contribution in [0.3, 0.4) is 0 Å². The normalized spacial score (nSPS) is 12.1. The molecular weight excluding hydrogens is 423 g/mol. The third-order valence-corrected chi connectivity index (χ3v) is 4.69. The Kier molecular flexibility index (Phi) is 7.14. The van der Waals surface area contributed by atoms with Crippen LogP contribution in [0.1, 0.15) is 27.0 Å². The highest BCUT2D eigenvalue weighted by atomic mass is 19.4. The summed E-state index contributed by atoms with van der Waals surface area (Å²) in [5.41, 5.74) is -0.185. The molecule has 8 heteroatoms. The lowest BCUT2D eigenvalue weighted by Gasteiger charge is -2.17. The van der Waals surface area contributed by atoms with Crippen molar-refractivity contribution in [1.82, 2.24) is 5.32 Å². The summed E-state index contributed by atoms with van der Waals surface area (Å²) >= 11 is 0. The van der Waals surface area contributed by atoms with E-state index in [4.69, 9.17) is 4.74 Å². The molecular formula is C24H20F3NO4. The van der Waals surface area contributed by atoms with Gasteiger partial charge in [0.05, 0.1) is 11.1 Å². The van der Waals surface area contributed by atoms with Crippen LogP contribution in [0.4, 0.5) is 13.2 Å². The fraction of sp³-hybridized carbons (Fsp3) is 0.167. The van der Waals surface area contributed by atoms with E-state index >= 15 is 0 Å². The molecule has 1 atom stereocenters. The number of alkyl halides is 3. The van der Waals surface area contributed by atoms with Crippen LogP contribution in [0.2, 0.25) is 0 Å². The van der Waals surface area contributed by atoms with Crippen molar-refractivity contribution in [3.8, 4) is 5.75 Å². The number of hydrogen-bond acceptors (Lipinski definition) is 3. The van der Waals surface area contributed by atoms with Crippen molar-refractivity contribution in [2.45, 2.75) is 25.2 Å². The lowest BCUT2D eigenvalue weighted by Crippen LogP contribution is -2.42. The highest BCUT2D eigenvalue weighted by Crippen LogP contribution is 2.31. The highest BCUT2D eigenvalue weighted by Gasteiger charge is 2.35. The summed E-state index contributed by atoms with van der Waals surface area (Å²) in [6, 6.07) is 19.0. The molecule has 32 heavy (non-hydrogen) atoms. The van der Waals surface area contributed by atoms with E-state index in [0.717, 1.165) is 23.8 Å². The zero-order valence-corrected chi connectivity index (χ0v) is 16.8. The first-order valence-corrected chi connectivity index (χ1v) is 9.69. The first kappa shape index (κ1) is 22.9. The molecule has 3 aromatic carbocycles. The molecule has 0 saturated heterocycles. The summed E-state index contributed by atoms with van der Waals surface area (Å²) in [7, 11) is 0. The quantitative estimate of drug-likeness (QED) is 0.529. The molecule has 3 aromatic rings. The van der Waals surface area contributed by atoms with Crippen molar-refractivity contribution in [2.24, 2.45) is 0 Å². The number of ether oxygens (including phenoxy) is 1. The molecule has 0 radical (unpaired) electrons. The largest absolute Gasteiger partial charge is 0.489 e. The van der Waals surface area contributed by atoms with Crippen LogP contribution < -0.4 is 10.1 Å². The Morgan fingerprint density at radius 3 is 2.12 bits per heavy atom. The molecule has 0 aliphatic carbocycles. The minimum atomic E-state index is -4.73. The minimum Gasteiger partial charge on any atom is -0.489 e. The van der Waals surface area contributed by atoms with Gasteiger partial charge in [-0.15, -0.1) is 0 Å². The average Bonchev–Trinajstić information content (AvgIpc) is 2.78. The third-order valence-electron chi connectivity index (χ3n) is 4.69. The molecule has 0 saturated carbocycles. The number of carbonyl (C=O) groups is 2. The Morgan fingerprint density at radius 1 is 0.875 bits per heavy atom. The van der Waals surface area contributed by atoms with Gasteiger partial charge in [-0.1, -0.05) is 54.6 Å². The van der Waals surface area contributed by atoms with Crippen LogP contribution >= 0.6 is 0 Å². The van der Waals surface area contributed by atoms with Crippen LogP contribution in [0.15, 0.2) is 78.9 Å². The molecule has 2 N–H and O–H groups in total. The van der Waals surface area contributed by atoms with Gasteiger partial charge in [0, 0.05) is 6.42 Å². The fourth-order valence-electron chi connectivity index (χ4n) is 3.06. The molecule has 0 spiro atoms. The van der Waals surface area contributed by atoms with Crippen LogP contribution in [-0.2, 0) is 24.0 Å². The molecule has 0 aromatic heterocycles. The van der Waals surface area contributed by atoms with E-state index < -0.39 is 35.2 Å². The highest BCUT2D eigenvalue weighted by molar-refractivity contribution is 5.98. The summed E-state index contributed by atoms with van der Waals surface area (Å²) in [4.78, 5) is 24.0. The number of carboxylic acids is 1. The second kappa shape index (κ2) is 10.00. The molecule has 0 fully saturated rings. The van der Waals surface area contributed by atoms with E-state index in [1.54, 1.807) is 24.3 Å². The maximum atomic E-state index is 13.2. The van der Waals surface area contributed by atoms with Gasteiger partial charge in [0.2, 0.25) is 0 Å². The molecule has 1 amide bonds. The van der Waals surface area contributed by atoms with Gasteiger partial charge in [-0.2, -0.15) is 13.2 Å². The third kappa shape index (κ3) is 6.10. The topological polar surface area (TPSA) is 75.6 Å². The van der Waals surface area contributed by atoms with E-state index in [9.17, 15) is 27.9 Å². The van der Waals surface area contributed by atoms with Gasteiger partial charge in [-0.05, 0) is 35.4 Å². The van der Waals surface area contributed by atoms with Gasteiger partial charge < -0.3 is 15.2 Å². The van der Waals surface area contributed by atoms with Crippen LogP contribution in [0, 0.1) is 0 Å². The number of aliphatic carboxylic acids is 1. The lowest BCUT2D eigenvalue weighted by molar-refractivity contribution is -0.139. The van der Waals surface area contributed by atoms with Crippen molar-refractivity contribution in [3.63, 3.8) is 0 Å². The smallest absolute Gasteiger partial charge is 0.417 e. The minimum absolute atomic E-state index is 0.103. The van der Waals surface area contributed by atoms with Gasteiger partial charge in [0.15, 0.2) is 0 Å². The zero-order valence-electron chi connectivity index (χ0n) is 16.8. The van der Waals surface area contributed by atoms with Gasteiger partial charge >= 0.3 is 12.1 Å². The molecule has 0 aliphatic heterocycles. The molecule has 0 heterocycles. The van der Waals surface area contributed by atoms with Gasteiger partial charge in [0.25, 0.3) is 5.91 Å². The molecule has 166 valence electrons. The summed E-state index contributed by atoms with van der Waals surface area (Å²) < 4.78 is 45.1. The van der Waals surface area contributed by atoms with E-state index in [0.29, 0.717) is 17.9 Å². The molecule has 5 nitrogen and oxygen atoms in total. The summed E-state index contributed by atoms with van der Waals surface area (Å²) in [5.74, 6) is -1.88. The number of carboxylic acid groups (broad SMARTS) is 1. The fourth-order valence-corrected chi connectivity index (χ4v) is 3.06. The summed E-state index contributed by atoms with van der Waals surface area (Å²) in [5, 5.41) is 11.6. The van der Waals surface area contributed by atoms with Crippen molar-refractivity contribution >= 4 is 11.9 Å². The van der Waals surface area contributed by atoms with Crippen LogP contribution in [0.5, 0.6) is 5.75 Å². The number of hydrogen-bond donors (Lipinski definition) is 2. The predicted molar refractivity (Wildman–Crippen MR) is 111 cm³/mol. The van der Waals surface area contributed by atoms with Crippen LogP contribution in [0.25, 0.3) is 0 Å². The Morgan fingerprint density at radius 2 is 1.50 bits per heavy atom. The Bertz CT molecular complexity index is 1070. The number of halogens is 3. The standard InChI is InChI=1S/C24H20F3NO4/c25-24(26,27)20-9-5-4-8-19(20)22(29)28-21(23(30)31)14-16-10-12-18(13-11-16)32-15-17-6-2-1-3-7-17/h1-13,21H,14-15H2,(H,28,29)(H,30,31)/t21-/m1/s1. The van der Waals surface area contributed by atoms with Gasteiger partial charge in [-0.25, -0.2) is 4.79 Å². The Hall–Kier alpha value is -3.81. The number of benzene rings is 3. The van der Waals surface area contributed by atoms with Crippen molar-refractivity contribution in [2.75, 3.05) is 0 Å². The summed E-state index contributed by atoms with van der Waals surface area (Å²) in [6.07, 6.45) is -4.84. The molecule has 0 aliphatic rings. The monoisotopic (exact) mass is 443 g/mol. The van der Waals surface area contributed by atoms with Crippen molar-refractivity contribution in [3.05, 3.63) is 101 Å². The molecule has 0 bridgehead atoms. The number of nitrogens with one attached hydrogen (secondary N) is 1. The van der Waals surface area contributed by atoms with E-state index in [1.165, 1.54) is 6.07 Å². The molecule has 3 rings (SSSR count). The zero-order chi connectivity index (χ0) is 23.1. The predicted octanol–water partition coefficient (Wildman–Crippen LogP) is 4.71. The second-order valence-electron chi connectivity index (χ2n) is 7.03. The van der Waals surface area contributed by atoms with Crippen molar-refractivity contribution in [1.29, 1.82) is 0 Å². The maximum Gasteiger partial charge on any atom is 0.417 e. The number of rotatable bonds is 8. The first-order valence-electron chi connectivity index (χ1n) is 9.69. The first-order chi connectivity index (χ1) is 15.2. The van der Waals surface area contributed by atoms with E-state index in [1.807, 2.05) is 30.3 Å². The maximum absolute atomic E-state index is 13.2. The van der Waals surface area contributed by atoms with E-state index in [-0.39, 0.29) is 6.42 Å².